The van der Waals surface area contributed by atoms with E-state index in [1.807, 2.05) is 0 Å². The third-order valence-electron chi connectivity index (χ3n) is 8.46. The fourth-order valence-corrected chi connectivity index (χ4v) is 6.90. The lowest BCUT2D eigenvalue weighted by Gasteiger charge is -2.67. The third-order valence-corrected chi connectivity index (χ3v) is 8.46. The molecule has 9 nitrogen and oxygen atoms in total. The second-order valence-corrected chi connectivity index (χ2v) is 9.80. The van der Waals surface area contributed by atoms with Crippen molar-refractivity contribution in [1.82, 2.24) is 0 Å². The van der Waals surface area contributed by atoms with Crippen molar-refractivity contribution in [1.29, 1.82) is 0 Å². The van der Waals surface area contributed by atoms with E-state index in [1.54, 1.807) is 6.07 Å². The molecule has 3 heterocycles. The maximum Gasteiger partial charge on any atom is 0.318 e. The molecule has 7 unspecified atom stereocenters. The monoisotopic (exact) mass is 436 g/mol. The van der Waals surface area contributed by atoms with E-state index in [2.05, 4.69) is 0 Å². The van der Waals surface area contributed by atoms with Crippen molar-refractivity contribution in [2.45, 2.75) is 75.0 Å². The van der Waals surface area contributed by atoms with Gasteiger partial charge in [0.2, 0.25) is 0 Å². The zero-order valence-electron chi connectivity index (χ0n) is 17.6. The van der Waals surface area contributed by atoms with Crippen LogP contribution in [-0.4, -0.2) is 63.4 Å². The number of hydrogen-bond acceptors (Lipinski definition) is 9. The van der Waals surface area contributed by atoms with Crippen molar-refractivity contribution in [3.05, 3.63) is 24.2 Å². The summed E-state index contributed by atoms with van der Waals surface area (Å²) in [6.07, 6.45) is 1.94. The number of cyclic esters (lactones) is 1. The molecule has 2 aliphatic carbocycles. The van der Waals surface area contributed by atoms with Crippen LogP contribution >= 0.6 is 0 Å². The van der Waals surface area contributed by atoms with Crippen molar-refractivity contribution >= 4 is 11.9 Å². The average Bonchev–Trinajstić information content (AvgIpc) is 3.11. The van der Waals surface area contributed by atoms with Crippen LogP contribution in [0, 0.1) is 10.8 Å². The molecule has 3 N–H and O–H groups in total. The van der Waals surface area contributed by atoms with Crippen LogP contribution in [0.1, 0.15) is 57.6 Å². The lowest BCUT2D eigenvalue weighted by Crippen LogP contribution is -2.82. The maximum atomic E-state index is 13.5. The van der Waals surface area contributed by atoms with E-state index < -0.39 is 51.8 Å². The van der Waals surface area contributed by atoms with Crippen molar-refractivity contribution < 1.29 is 43.5 Å². The molecule has 0 radical (unpaired) electrons. The molecule has 2 aliphatic heterocycles. The number of rotatable bonds is 3. The first-order chi connectivity index (χ1) is 14.6. The average molecular weight is 436 g/mol. The first-order valence-corrected chi connectivity index (χ1v) is 10.7. The Labute approximate surface area is 179 Å². The molecule has 9 heteroatoms. The first-order valence-electron chi connectivity index (χ1n) is 10.7. The van der Waals surface area contributed by atoms with Gasteiger partial charge >= 0.3 is 11.9 Å². The summed E-state index contributed by atoms with van der Waals surface area (Å²) in [7, 11) is 0. The molecule has 170 valence electrons. The Morgan fingerprint density at radius 3 is 2.65 bits per heavy atom. The predicted molar refractivity (Wildman–Crippen MR) is 102 cm³/mol. The number of carbonyl (C=O) groups excluding carboxylic acids is 2. The zero-order chi connectivity index (χ0) is 22.3. The number of furan rings is 1. The summed E-state index contributed by atoms with van der Waals surface area (Å²) in [4.78, 5) is 25.3. The lowest BCUT2D eigenvalue weighted by molar-refractivity contribution is -0.329. The van der Waals surface area contributed by atoms with Crippen molar-refractivity contribution in [2.24, 2.45) is 10.8 Å². The van der Waals surface area contributed by atoms with Gasteiger partial charge in [0.25, 0.3) is 0 Å². The van der Waals surface area contributed by atoms with Crippen LogP contribution in [0.5, 0.6) is 0 Å². The van der Waals surface area contributed by atoms with Gasteiger partial charge in [-0.1, -0.05) is 0 Å². The van der Waals surface area contributed by atoms with Gasteiger partial charge in [0.15, 0.2) is 0 Å². The van der Waals surface area contributed by atoms with Gasteiger partial charge in [-0.25, -0.2) is 0 Å². The smallest absolute Gasteiger partial charge is 0.318 e. The molecule has 1 aromatic rings. The van der Waals surface area contributed by atoms with E-state index in [9.17, 15) is 24.9 Å². The number of ether oxygens (including phenoxy) is 3. The Bertz CT molecular complexity index is 904. The summed E-state index contributed by atoms with van der Waals surface area (Å²) in [5, 5.41) is 35.4. The molecule has 4 fully saturated rings. The van der Waals surface area contributed by atoms with Crippen LogP contribution in [-0.2, 0) is 23.8 Å². The van der Waals surface area contributed by atoms with E-state index >= 15 is 0 Å². The van der Waals surface area contributed by atoms with Crippen LogP contribution < -0.4 is 0 Å². The quantitative estimate of drug-likeness (QED) is 0.468. The van der Waals surface area contributed by atoms with E-state index in [0.717, 1.165) is 0 Å². The van der Waals surface area contributed by atoms with Gasteiger partial charge in [-0.15, -0.1) is 0 Å². The normalized spacial score (nSPS) is 48.5. The van der Waals surface area contributed by atoms with Crippen LogP contribution in [0.2, 0.25) is 0 Å². The van der Waals surface area contributed by atoms with Crippen LogP contribution in [0.4, 0.5) is 0 Å². The lowest BCUT2D eigenvalue weighted by atomic mass is 9.39. The summed E-state index contributed by atoms with van der Waals surface area (Å²) >= 11 is 0. The largest absolute Gasteiger partial charge is 0.472 e. The molecule has 4 aliphatic rings. The molecule has 1 aromatic heterocycles. The van der Waals surface area contributed by atoms with Crippen molar-refractivity contribution in [3.63, 3.8) is 0 Å². The Morgan fingerprint density at radius 1 is 1.29 bits per heavy atom. The Hall–Kier alpha value is -1.94. The molecule has 2 spiro atoms. The summed E-state index contributed by atoms with van der Waals surface area (Å²) in [5.41, 5.74) is -7.25. The highest BCUT2D eigenvalue weighted by atomic mass is 16.6. The zero-order valence-corrected chi connectivity index (χ0v) is 17.6. The molecule has 0 bridgehead atoms. The summed E-state index contributed by atoms with van der Waals surface area (Å²) in [6, 6.07) is 1.67. The number of fused-ring (bicyclic) bond motifs is 3. The van der Waals surface area contributed by atoms with Gasteiger partial charge in [-0.3, -0.25) is 9.59 Å². The fourth-order valence-electron chi connectivity index (χ4n) is 6.90. The first kappa shape index (κ1) is 20.9. The minimum atomic E-state index is -1.93. The van der Waals surface area contributed by atoms with E-state index in [1.165, 1.54) is 26.4 Å². The number of aliphatic hydroxyl groups is 3. The van der Waals surface area contributed by atoms with Crippen molar-refractivity contribution in [2.75, 3.05) is 13.2 Å². The van der Waals surface area contributed by atoms with Gasteiger partial charge in [-0.05, 0) is 32.3 Å². The fraction of sp³-hybridized carbons (Fsp3) is 0.727. The van der Waals surface area contributed by atoms with Crippen LogP contribution in [0.15, 0.2) is 23.0 Å². The molecule has 7 atom stereocenters. The molecule has 5 rings (SSSR count). The standard InChI is InChI=1S/C22H28O9/c1-13(23)29-12-21-16(24)9-18(2,26)20(22(21,27)6-3-5-19(21)11-30-19)8-15(31-17(20)25)14-4-7-28-10-14/h4,7,10,15-16,24,26-27H,3,5-6,8-9,11-12H2,1-2H3. The molecular weight excluding hydrogens is 408 g/mol. The van der Waals surface area contributed by atoms with Gasteiger partial charge in [0.1, 0.15) is 23.7 Å². The molecule has 0 aromatic carbocycles. The maximum absolute atomic E-state index is 13.5. The van der Waals surface area contributed by atoms with Gasteiger partial charge in [-0.2, -0.15) is 0 Å². The Morgan fingerprint density at radius 2 is 2.03 bits per heavy atom. The Kier molecular flexibility index (Phi) is 4.26. The minimum absolute atomic E-state index is 0.000508. The van der Waals surface area contributed by atoms with Crippen LogP contribution in [0.25, 0.3) is 0 Å². The highest BCUT2D eigenvalue weighted by molar-refractivity contribution is 5.83. The van der Waals surface area contributed by atoms with E-state index in [4.69, 9.17) is 18.6 Å². The van der Waals surface area contributed by atoms with E-state index in [0.29, 0.717) is 18.4 Å². The second kappa shape index (κ2) is 6.31. The Balaban J connectivity index is 1.69. The number of aliphatic hydroxyl groups excluding tert-OH is 1. The third kappa shape index (κ3) is 2.35. The molecule has 31 heavy (non-hydrogen) atoms. The molecule has 0 amide bonds. The number of epoxide rings is 1. The predicted octanol–water partition coefficient (Wildman–Crippen LogP) is 1.00. The van der Waals surface area contributed by atoms with Crippen molar-refractivity contribution in [3.8, 4) is 0 Å². The van der Waals surface area contributed by atoms with Gasteiger partial charge < -0.3 is 33.9 Å². The number of esters is 2. The SMILES string of the molecule is CC(=O)OCC12C(O)CC(C)(O)C3(CC(c4ccoc4)OC3=O)C1(O)CCCC21CO1. The number of hydrogen-bond donors (Lipinski definition) is 3. The summed E-state index contributed by atoms with van der Waals surface area (Å²) in [6.45, 7) is 2.66. The highest BCUT2D eigenvalue weighted by Crippen LogP contribution is 2.73. The minimum Gasteiger partial charge on any atom is -0.472 e. The summed E-state index contributed by atoms with van der Waals surface area (Å²) in [5.74, 6) is -1.30. The van der Waals surface area contributed by atoms with Gasteiger partial charge in [0.05, 0.1) is 41.9 Å². The topological polar surface area (TPSA) is 139 Å². The molecule has 2 saturated heterocycles. The van der Waals surface area contributed by atoms with Gasteiger partial charge in [0, 0.05) is 25.3 Å². The van der Waals surface area contributed by atoms with E-state index in [-0.39, 0.29) is 32.5 Å². The molecule has 2 saturated carbocycles. The van der Waals surface area contributed by atoms with Crippen LogP contribution in [0.3, 0.4) is 0 Å². The molecular formula is C22H28O9. The second-order valence-electron chi connectivity index (χ2n) is 9.80. The summed E-state index contributed by atoms with van der Waals surface area (Å²) < 4.78 is 22.0. The highest BCUT2D eigenvalue weighted by Gasteiger charge is 2.87. The number of carbonyl (C=O) groups is 2.